The van der Waals surface area contributed by atoms with E-state index in [1.54, 1.807) is 0 Å². The summed E-state index contributed by atoms with van der Waals surface area (Å²) in [6.07, 6.45) is -2.33. The molecule has 0 spiro atoms. The van der Waals surface area contributed by atoms with Crippen molar-refractivity contribution in [3.05, 3.63) is 0 Å². The van der Waals surface area contributed by atoms with Gasteiger partial charge in [-0.1, -0.05) is 0 Å². The van der Waals surface area contributed by atoms with E-state index in [-0.39, 0.29) is 45.9 Å². The fraction of sp³-hybridized carbons (Fsp3) is 0. The maximum atomic E-state index is 8.33. The van der Waals surface area contributed by atoms with Crippen LogP contribution in [-0.4, -0.2) is 11.6 Å². The zero-order valence-electron chi connectivity index (χ0n) is 2.63. The summed E-state index contributed by atoms with van der Waals surface area (Å²) in [5, 5.41) is 16.7. The summed E-state index contributed by atoms with van der Waals surface area (Å²) in [5.74, 6) is 0. The smallest absolute Gasteiger partial charge is 0.652 e. The fourth-order valence-corrected chi connectivity index (χ4v) is 0. The van der Waals surface area contributed by atoms with Crippen molar-refractivity contribution in [3.63, 3.8) is 0 Å². The van der Waals surface area contributed by atoms with Gasteiger partial charge in [0.2, 0.25) is 0 Å². The van der Waals surface area contributed by atoms with Crippen LogP contribution in [0.4, 0.5) is 4.79 Å². The van der Waals surface area contributed by atoms with Gasteiger partial charge in [-0.05, 0) is 6.16 Å². The van der Waals surface area contributed by atoms with E-state index in [4.69, 9.17) is 15.0 Å². The molecule has 1 radical (unpaired) electrons. The van der Waals surface area contributed by atoms with Gasteiger partial charge in [-0.15, -0.1) is 0 Å². The molecule has 0 atom stereocenters. The maximum absolute atomic E-state index is 8.33. The van der Waals surface area contributed by atoms with E-state index in [1.165, 1.54) is 0 Å². The van der Waals surface area contributed by atoms with Gasteiger partial charge in [-0.2, -0.15) is 0 Å². The zero-order chi connectivity index (χ0) is 3.58. The molecule has 2 N–H and O–H groups in total. The summed E-state index contributed by atoms with van der Waals surface area (Å²) >= 11 is 0. The first kappa shape index (κ1) is 16.0. The van der Waals surface area contributed by atoms with Gasteiger partial charge in [0.25, 0.3) is 0 Å². The quantitative estimate of drug-likeness (QED) is 0.435. The maximum Gasteiger partial charge on any atom is 3.00 e. The Kier molecular flexibility index (Phi) is 24.3. The first-order chi connectivity index (χ1) is 1.73. The van der Waals surface area contributed by atoms with Crippen molar-refractivity contribution in [1.29, 1.82) is 0 Å². The fourth-order valence-electron chi connectivity index (χ4n) is 0. The zero-order valence-corrected chi connectivity index (χ0v) is 5.25. The number of carbonyl (C=O) groups excluding carboxylic acids is 1. The Hall–Kier alpha value is 0.568. The Morgan fingerprint density at radius 1 is 1.33 bits per heavy atom. The van der Waals surface area contributed by atoms with E-state index < -0.39 is 6.16 Å². The van der Waals surface area contributed by atoms with Crippen molar-refractivity contribution >= 4 is 6.16 Å². The summed E-state index contributed by atoms with van der Waals surface area (Å²) in [4.78, 5) is 8.33. The van der Waals surface area contributed by atoms with Crippen LogP contribution in [-0.2, 0) is 0 Å². The van der Waals surface area contributed by atoms with Crippen molar-refractivity contribution in [2.24, 2.45) is 0 Å². The van der Waals surface area contributed by atoms with Crippen LogP contribution in [0.3, 0.4) is 0 Å². The van der Waals surface area contributed by atoms with E-state index in [1.807, 2.05) is 0 Å². The van der Waals surface area contributed by atoms with Crippen molar-refractivity contribution in [3.8, 4) is 0 Å². The van der Waals surface area contributed by atoms with E-state index in [0.717, 1.165) is 0 Å². The molecule has 0 bridgehead atoms. The van der Waals surface area contributed by atoms with Gasteiger partial charge in [-0.25, -0.2) is 0 Å². The third-order valence-corrected chi connectivity index (χ3v) is 0. The second-order valence-electron chi connectivity index (χ2n) is 0.250. The van der Waals surface area contributed by atoms with Gasteiger partial charge in [-0.3, -0.25) is 0 Å². The molecule has 0 aromatic heterocycles. The molecular formula is CH2O4Sm+. The molecule has 0 aromatic carbocycles. The average Bonchev–Trinajstić information content (AvgIpc) is 0.811. The van der Waals surface area contributed by atoms with E-state index >= 15 is 0 Å². The normalized spacial score (nSPS) is 4.00. The van der Waals surface area contributed by atoms with E-state index in [2.05, 4.69) is 0 Å². The molecule has 0 aliphatic carbocycles. The molecule has 0 rings (SSSR count). The number of hydrogen-bond donors (Lipinski definition) is 0. The van der Waals surface area contributed by atoms with Crippen LogP contribution >= 0.6 is 0 Å². The third-order valence-electron chi connectivity index (χ3n) is 0. The summed E-state index contributed by atoms with van der Waals surface area (Å²) in [6.45, 7) is 0. The van der Waals surface area contributed by atoms with Gasteiger partial charge < -0.3 is 20.5 Å². The average molecular weight is 228 g/mol. The summed E-state index contributed by atoms with van der Waals surface area (Å²) in [5.41, 5.74) is 0. The largest absolute Gasteiger partial charge is 3.00 e. The summed E-state index contributed by atoms with van der Waals surface area (Å²) < 4.78 is 0. The number of carbonyl (C=O) groups is 1. The topological polar surface area (TPSA) is 94.7 Å². The molecule has 0 saturated heterocycles. The van der Waals surface area contributed by atoms with Crippen molar-refractivity contribution in [2.45, 2.75) is 0 Å². The first-order valence-corrected chi connectivity index (χ1v) is 0.612. The van der Waals surface area contributed by atoms with E-state index in [9.17, 15) is 0 Å². The molecule has 0 heterocycles. The minimum atomic E-state index is -2.33. The van der Waals surface area contributed by atoms with Crippen LogP contribution in [0.15, 0.2) is 0 Å². The molecule has 0 fully saturated rings. The predicted molar refractivity (Wildman–Crippen MR) is 9.01 cm³/mol. The monoisotopic (exact) mass is 230 g/mol. The van der Waals surface area contributed by atoms with Gasteiger partial charge >= 0.3 is 40.4 Å². The molecule has 0 aliphatic heterocycles. The molecule has 0 saturated carbocycles. The van der Waals surface area contributed by atoms with Gasteiger partial charge in [0.05, 0.1) is 0 Å². The standard InChI is InChI=1S/CH2O3.H2O.Sm/c2-1(3)4;;/h(H2,2,3,4);1H2;/q;;+3/p-2. The minimum Gasteiger partial charge on any atom is -0.652 e. The molecule has 35 valence electrons. The van der Waals surface area contributed by atoms with Crippen molar-refractivity contribution in [2.75, 3.05) is 0 Å². The Balaban J connectivity index is -0.0000000450. The molecule has 4 nitrogen and oxygen atoms in total. The second kappa shape index (κ2) is 9.13. The number of rotatable bonds is 0. The number of hydrogen-bond acceptors (Lipinski definition) is 3. The Bertz CT molecular complexity index is 30.5. The van der Waals surface area contributed by atoms with Gasteiger partial charge in [0.1, 0.15) is 0 Å². The summed E-state index contributed by atoms with van der Waals surface area (Å²) in [7, 11) is 0. The van der Waals surface area contributed by atoms with Crippen LogP contribution in [0, 0.1) is 40.4 Å². The minimum absolute atomic E-state index is 0. The summed E-state index contributed by atoms with van der Waals surface area (Å²) in [6, 6.07) is 0. The molecule has 5 heteroatoms. The molecule has 0 unspecified atom stereocenters. The van der Waals surface area contributed by atoms with Gasteiger partial charge in [0, 0.05) is 0 Å². The number of carboxylic acid groups (broad SMARTS) is 2. The van der Waals surface area contributed by atoms with Gasteiger partial charge in [0.15, 0.2) is 0 Å². The molecular weight excluding hydrogens is 226 g/mol. The van der Waals surface area contributed by atoms with Crippen LogP contribution in [0.2, 0.25) is 0 Å². The Morgan fingerprint density at radius 2 is 1.33 bits per heavy atom. The van der Waals surface area contributed by atoms with Crippen molar-refractivity contribution < 1.29 is 60.9 Å². The SMILES string of the molecule is O.O=C([O-])[O-].[Sm+3]. The van der Waals surface area contributed by atoms with Crippen LogP contribution in [0.25, 0.3) is 0 Å². The Morgan fingerprint density at radius 3 is 1.33 bits per heavy atom. The molecule has 0 aliphatic rings. The third kappa shape index (κ3) is 180. The van der Waals surface area contributed by atoms with Crippen molar-refractivity contribution in [1.82, 2.24) is 0 Å². The first-order valence-electron chi connectivity index (χ1n) is 0.612. The second-order valence-corrected chi connectivity index (χ2v) is 0.250. The molecule has 6 heavy (non-hydrogen) atoms. The Labute approximate surface area is 66.6 Å². The predicted octanol–water partition coefficient (Wildman–Crippen LogP) is -3.27. The van der Waals surface area contributed by atoms with E-state index in [0.29, 0.717) is 0 Å². The molecule has 0 aromatic rings. The molecule has 0 amide bonds. The van der Waals surface area contributed by atoms with Crippen LogP contribution < -0.4 is 10.2 Å². The van der Waals surface area contributed by atoms with Crippen LogP contribution in [0.1, 0.15) is 0 Å². The van der Waals surface area contributed by atoms with Crippen LogP contribution in [0.5, 0.6) is 0 Å².